The molecule has 0 spiro atoms. The maximum atomic E-state index is 13.5. The molecule has 0 bridgehead atoms. The zero-order valence-electron chi connectivity index (χ0n) is 17.8. The van der Waals surface area contributed by atoms with Crippen LogP contribution >= 0.6 is 11.6 Å². The van der Waals surface area contributed by atoms with Gasteiger partial charge in [-0.3, -0.25) is 0 Å². The number of nitrogens with zero attached hydrogens (tertiary/aromatic N) is 3. The van der Waals surface area contributed by atoms with E-state index in [0.717, 1.165) is 12.8 Å². The predicted octanol–water partition coefficient (Wildman–Crippen LogP) is 4.08. The standard InChI is InChI=1S/C21H30ClN3O3S/c1-7-8-20(22)23-17(4)24(5)11-12-25(18-9-10-18)29(26,27)21-15(2)13-19(28-6)14-16(21)3/h7-8,13-14,18H,1,9-12H2,2-6H3/b20-8-,23-17?. The second kappa shape index (κ2) is 9.78. The van der Waals surface area contributed by atoms with Crippen LogP contribution in [0.4, 0.5) is 0 Å². The lowest BCUT2D eigenvalue weighted by molar-refractivity contribution is 0.361. The molecule has 160 valence electrons. The van der Waals surface area contributed by atoms with E-state index in [-0.39, 0.29) is 6.04 Å². The molecule has 0 N–H and O–H groups in total. The second-order valence-electron chi connectivity index (χ2n) is 7.24. The third-order valence-electron chi connectivity index (χ3n) is 4.92. The van der Waals surface area contributed by atoms with Crippen molar-refractivity contribution in [1.29, 1.82) is 0 Å². The summed E-state index contributed by atoms with van der Waals surface area (Å²) >= 11 is 6.01. The summed E-state index contributed by atoms with van der Waals surface area (Å²) in [6, 6.07) is 3.58. The van der Waals surface area contributed by atoms with E-state index in [4.69, 9.17) is 16.3 Å². The van der Waals surface area contributed by atoms with Gasteiger partial charge in [0.05, 0.1) is 12.0 Å². The Kier molecular flexibility index (Phi) is 7.91. The summed E-state index contributed by atoms with van der Waals surface area (Å²) in [5, 5.41) is 0.334. The fourth-order valence-electron chi connectivity index (χ4n) is 3.20. The fraction of sp³-hybridized carbons (Fsp3) is 0.476. The Bertz CT molecular complexity index is 898. The van der Waals surface area contributed by atoms with Crippen molar-refractivity contribution in [3.05, 3.63) is 47.1 Å². The van der Waals surface area contributed by atoms with Crippen LogP contribution in [0.1, 0.15) is 30.9 Å². The Morgan fingerprint density at radius 1 is 1.31 bits per heavy atom. The van der Waals surface area contributed by atoms with Crippen LogP contribution in [0.3, 0.4) is 0 Å². The lowest BCUT2D eigenvalue weighted by Crippen LogP contribution is -2.40. The molecule has 1 aromatic carbocycles. The van der Waals surface area contributed by atoms with Gasteiger partial charge in [0.15, 0.2) is 0 Å². The summed E-state index contributed by atoms with van der Waals surface area (Å²) in [4.78, 5) is 6.56. The summed E-state index contributed by atoms with van der Waals surface area (Å²) in [6.45, 7) is 9.95. The minimum absolute atomic E-state index is 0.0517. The topological polar surface area (TPSA) is 62.2 Å². The number of sulfonamides is 1. The average Bonchev–Trinajstić information content (AvgIpc) is 3.45. The number of hydrogen-bond donors (Lipinski definition) is 0. The van der Waals surface area contributed by atoms with E-state index in [0.29, 0.717) is 45.9 Å². The first-order valence-electron chi connectivity index (χ1n) is 9.53. The average molecular weight is 440 g/mol. The Labute approximate surface area is 179 Å². The molecule has 1 aliphatic rings. The first-order valence-corrected chi connectivity index (χ1v) is 11.3. The molecule has 0 atom stereocenters. The number of aryl methyl sites for hydroxylation is 2. The van der Waals surface area contributed by atoms with E-state index in [1.807, 2.05) is 32.7 Å². The zero-order chi connectivity index (χ0) is 21.8. The fourth-order valence-corrected chi connectivity index (χ4v) is 5.50. The highest BCUT2D eigenvalue weighted by molar-refractivity contribution is 7.89. The lowest BCUT2D eigenvalue weighted by atomic mass is 10.1. The number of likely N-dealkylation sites (N-methyl/N-ethyl adjacent to an activating group) is 1. The minimum atomic E-state index is -3.62. The molecule has 2 rings (SSSR count). The van der Waals surface area contributed by atoms with Crippen LogP contribution in [0.15, 0.2) is 45.9 Å². The van der Waals surface area contributed by atoms with Crippen molar-refractivity contribution in [2.24, 2.45) is 4.99 Å². The van der Waals surface area contributed by atoms with E-state index in [2.05, 4.69) is 11.6 Å². The Balaban J connectivity index is 2.24. The van der Waals surface area contributed by atoms with Crippen LogP contribution in [0.5, 0.6) is 5.75 Å². The first kappa shape index (κ1) is 23.4. The lowest BCUT2D eigenvalue weighted by Gasteiger charge is -2.27. The maximum absolute atomic E-state index is 13.5. The van der Waals surface area contributed by atoms with Crippen LogP contribution in [0.2, 0.25) is 0 Å². The van der Waals surface area contributed by atoms with Gasteiger partial charge in [-0.25, -0.2) is 13.4 Å². The van der Waals surface area contributed by atoms with Gasteiger partial charge in [0.1, 0.15) is 16.7 Å². The van der Waals surface area contributed by atoms with Crippen LogP contribution in [0.25, 0.3) is 0 Å². The number of aliphatic imine (C=N–C) groups is 1. The van der Waals surface area contributed by atoms with Gasteiger partial charge < -0.3 is 9.64 Å². The monoisotopic (exact) mass is 439 g/mol. The van der Waals surface area contributed by atoms with Crippen molar-refractivity contribution in [2.45, 2.75) is 44.6 Å². The molecule has 8 heteroatoms. The van der Waals surface area contributed by atoms with Crippen molar-refractivity contribution in [2.75, 3.05) is 27.2 Å². The molecule has 1 saturated carbocycles. The zero-order valence-corrected chi connectivity index (χ0v) is 19.3. The van der Waals surface area contributed by atoms with Crippen molar-refractivity contribution >= 4 is 27.5 Å². The maximum Gasteiger partial charge on any atom is 0.243 e. The van der Waals surface area contributed by atoms with Gasteiger partial charge in [-0.1, -0.05) is 24.3 Å². The molecular weight excluding hydrogens is 410 g/mol. The summed E-state index contributed by atoms with van der Waals surface area (Å²) in [6.07, 6.45) is 4.95. The highest BCUT2D eigenvalue weighted by Crippen LogP contribution is 2.35. The highest BCUT2D eigenvalue weighted by Gasteiger charge is 2.39. The van der Waals surface area contributed by atoms with Gasteiger partial charge in [0, 0.05) is 26.2 Å². The van der Waals surface area contributed by atoms with Crippen LogP contribution in [-0.4, -0.2) is 56.7 Å². The molecular formula is C21H30ClN3O3S. The van der Waals surface area contributed by atoms with Crippen LogP contribution in [-0.2, 0) is 10.0 Å². The van der Waals surface area contributed by atoms with E-state index in [1.165, 1.54) is 0 Å². The first-order chi connectivity index (χ1) is 13.6. The van der Waals surface area contributed by atoms with Crippen molar-refractivity contribution in [3.8, 4) is 5.75 Å². The van der Waals surface area contributed by atoms with Gasteiger partial charge in [-0.15, -0.1) is 0 Å². The third kappa shape index (κ3) is 5.84. The van der Waals surface area contributed by atoms with E-state index < -0.39 is 10.0 Å². The van der Waals surface area contributed by atoms with Gasteiger partial charge in [0.25, 0.3) is 0 Å². The Hall–Kier alpha value is -1.83. The molecule has 0 aromatic heterocycles. The minimum Gasteiger partial charge on any atom is -0.497 e. The molecule has 6 nitrogen and oxygen atoms in total. The molecule has 1 fully saturated rings. The smallest absolute Gasteiger partial charge is 0.243 e. The Morgan fingerprint density at radius 2 is 1.90 bits per heavy atom. The summed E-state index contributed by atoms with van der Waals surface area (Å²) < 4.78 is 33.9. The van der Waals surface area contributed by atoms with Gasteiger partial charge in [-0.2, -0.15) is 4.31 Å². The second-order valence-corrected chi connectivity index (χ2v) is 9.46. The van der Waals surface area contributed by atoms with Gasteiger partial charge in [0.2, 0.25) is 10.0 Å². The normalized spacial score (nSPS) is 15.6. The molecule has 0 saturated heterocycles. The van der Waals surface area contributed by atoms with Crippen molar-refractivity contribution in [3.63, 3.8) is 0 Å². The molecule has 29 heavy (non-hydrogen) atoms. The quantitative estimate of drug-likeness (QED) is 0.252. The number of amidine groups is 1. The number of methoxy groups -OCH3 is 1. The molecule has 0 aliphatic heterocycles. The number of hydrogen-bond acceptors (Lipinski definition) is 4. The highest BCUT2D eigenvalue weighted by atomic mass is 35.5. The number of benzene rings is 1. The molecule has 1 aliphatic carbocycles. The van der Waals surface area contributed by atoms with Crippen molar-refractivity contribution in [1.82, 2.24) is 9.21 Å². The molecule has 0 unspecified atom stereocenters. The summed E-state index contributed by atoms with van der Waals surface area (Å²) in [5.74, 6) is 1.37. The summed E-state index contributed by atoms with van der Waals surface area (Å²) in [5.41, 5.74) is 1.39. The molecule has 1 aromatic rings. The molecule has 0 radical (unpaired) electrons. The molecule has 0 amide bonds. The van der Waals surface area contributed by atoms with E-state index in [9.17, 15) is 8.42 Å². The number of halogens is 1. The predicted molar refractivity (Wildman–Crippen MR) is 119 cm³/mol. The number of allylic oxidation sites excluding steroid dienone is 2. The van der Waals surface area contributed by atoms with Gasteiger partial charge in [-0.05, 0) is 62.9 Å². The largest absolute Gasteiger partial charge is 0.497 e. The van der Waals surface area contributed by atoms with Crippen molar-refractivity contribution < 1.29 is 13.2 Å². The van der Waals surface area contributed by atoms with E-state index >= 15 is 0 Å². The molecule has 0 heterocycles. The van der Waals surface area contributed by atoms with Crippen LogP contribution < -0.4 is 4.74 Å². The number of ether oxygens (including phenoxy) is 1. The van der Waals surface area contributed by atoms with Gasteiger partial charge >= 0.3 is 0 Å². The Morgan fingerprint density at radius 3 is 2.38 bits per heavy atom. The van der Waals surface area contributed by atoms with E-state index in [1.54, 1.807) is 35.7 Å². The van der Waals surface area contributed by atoms with Crippen LogP contribution in [0, 0.1) is 13.8 Å². The number of rotatable bonds is 9. The SMILES string of the molecule is C=C/C=C(/Cl)N=C(C)N(C)CCN(C1CC1)S(=O)(=O)c1c(C)cc(OC)cc1C. The third-order valence-corrected chi connectivity index (χ3v) is 7.39. The summed E-state index contributed by atoms with van der Waals surface area (Å²) in [7, 11) is -0.165.